The maximum atomic E-state index is 2.39. The zero-order valence-corrected chi connectivity index (χ0v) is 34.5. The number of fused-ring (bicyclic) bond motifs is 2. The maximum absolute atomic E-state index is 2.39. The van der Waals surface area contributed by atoms with Gasteiger partial charge in [0.1, 0.15) is 0 Å². The van der Waals surface area contributed by atoms with Crippen LogP contribution in [0.4, 0.5) is 0 Å². The van der Waals surface area contributed by atoms with Crippen molar-refractivity contribution in [3.8, 4) is 20.9 Å². The molecular weight excluding hydrogens is 697 g/mol. The minimum atomic E-state index is 1.25. The lowest BCUT2D eigenvalue weighted by atomic mass is 10.0. The van der Waals surface area contributed by atoms with Gasteiger partial charge in [0.05, 0.1) is 8.42 Å². The number of hydrogen-bond acceptors (Lipinski definition) is 6. The Bertz CT molecular complexity index is 1420. The highest BCUT2D eigenvalue weighted by Gasteiger charge is 2.21. The van der Waals surface area contributed by atoms with Gasteiger partial charge in [-0.3, -0.25) is 0 Å². The fourth-order valence-electron chi connectivity index (χ4n) is 6.72. The highest BCUT2D eigenvalue weighted by Crippen LogP contribution is 2.51. The molecule has 0 radical (unpaired) electrons. The molecule has 6 heteroatoms. The molecule has 0 aliphatic heterocycles. The number of thioether (sulfide) groups is 2. The first-order valence-electron chi connectivity index (χ1n) is 19.2. The summed E-state index contributed by atoms with van der Waals surface area (Å²) in [5.41, 5.74) is 2.92. The highest BCUT2D eigenvalue weighted by atomic mass is 32.2. The Hall–Kier alpha value is -0.760. The van der Waals surface area contributed by atoms with Gasteiger partial charge >= 0.3 is 0 Å². The van der Waals surface area contributed by atoms with Crippen LogP contribution in [0.15, 0.2) is 55.6 Å². The Labute approximate surface area is 316 Å². The van der Waals surface area contributed by atoms with Gasteiger partial charge in [0.25, 0.3) is 0 Å². The van der Waals surface area contributed by atoms with Crippen LogP contribution >= 0.6 is 68.9 Å². The fourth-order valence-corrected chi connectivity index (χ4v) is 13.3. The molecule has 5 aromatic rings. The van der Waals surface area contributed by atoms with Crippen molar-refractivity contribution < 1.29 is 0 Å². The molecule has 0 nitrogen and oxygen atoms in total. The van der Waals surface area contributed by atoms with Gasteiger partial charge in [-0.1, -0.05) is 129 Å². The molecular formula is C42H58S6. The smallest absolute Gasteiger partial charge is 0.0605 e. The molecule has 0 saturated heterocycles. The molecule has 4 heterocycles. The summed E-state index contributed by atoms with van der Waals surface area (Å²) in [6.45, 7) is 4.60. The first-order chi connectivity index (χ1) is 23.8. The van der Waals surface area contributed by atoms with Gasteiger partial charge in [0.15, 0.2) is 0 Å². The third-order valence-electron chi connectivity index (χ3n) is 9.46. The number of thiophene rings is 4. The van der Waals surface area contributed by atoms with Crippen LogP contribution in [0.2, 0.25) is 0 Å². The predicted octanol–water partition coefficient (Wildman–Crippen LogP) is 17.6. The lowest BCUT2D eigenvalue weighted by Crippen LogP contribution is -1.83. The SMILES string of the molecule is CCCCCCCCCCCCSc1ccc(-c2c3ccsc3c(-c3ccc(SCCCCCCCCCCCC)s3)c3ccsc23)s1. The molecule has 5 rings (SSSR count). The van der Waals surface area contributed by atoms with E-state index >= 15 is 0 Å². The summed E-state index contributed by atoms with van der Waals surface area (Å²) in [6, 6.07) is 14.3. The number of benzene rings is 1. The van der Waals surface area contributed by atoms with E-state index in [0.29, 0.717) is 0 Å². The second-order valence-corrected chi connectivity index (χ2v) is 20.2. The molecule has 262 valence electrons. The van der Waals surface area contributed by atoms with Crippen molar-refractivity contribution in [3.05, 3.63) is 47.2 Å². The number of rotatable bonds is 26. The van der Waals surface area contributed by atoms with Crippen molar-refractivity contribution in [1.82, 2.24) is 0 Å². The lowest BCUT2D eigenvalue weighted by molar-refractivity contribution is 0.563. The van der Waals surface area contributed by atoms with Crippen LogP contribution in [0.3, 0.4) is 0 Å². The van der Waals surface area contributed by atoms with Gasteiger partial charge in [-0.05, 0) is 71.5 Å². The molecule has 0 saturated carbocycles. The molecule has 0 bridgehead atoms. The summed E-state index contributed by atoms with van der Waals surface area (Å²) in [7, 11) is 0. The average Bonchev–Trinajstić information content (AvgIpc) is 3.93. The van der Waals surface area contributed by atoms with Crippen molar-refractivity contribution in [2.75, 3.05) is 11.5 Å². The van der Waals surface area contributed by atoms with Crippen LogP contribution in [-0.2, 0) is 0 Å². The fraction of sp³-hybridized carbons (Fsp3) is 0.571. The molecule has 0 aliphatic carbocycles. The van der Waals surface area contributed by atoms with E-state index in [0.717, 1.165) is 0 Å². The molecule has 0 spiro atoms. The second kappa shape index (κ2) is 22.2. The molecule has 0 unspecified atom stereocenters. The highest BCUT2D eigenvalue weighted by molar-refractivity contribution is 8.01. The summed E-state index contributed by atoms with van der Waals surface area (Å²) in [4.78, 5) is 2.86. The Morgan fingerprint density at radius 3 is 1.15 bits per heavy atom. The van der Waals surface area contributed by atoms with E-state index in [-0.39, 0.29) is 0 Å². The zero-order valence-electron chi connectivity index (χ0n) is 29.6. The van der Waals surface area contributed by atoms with Crippen LogP contribution in [0, 0.1) is 0 Å². The van der Waals surface area contributed by atoms with E-state index in [9.17, 15) is 0 Å². The summed E-state index contributed by atoms with van der Waals surface area (Å²) in [5.74, 6) is 2.49. The van der Waals surface area contributed by atoms with Crippen LogP contribution in [0.5, 0.6) is 0 Å². The molecule has 1 aromatic carbocycles. The van der Waals surface area contributed by atoms with Crippen LogP contribution in [-0.4, -0.2) is 11.5 Å². The van der Waals surface area contributed by atoms with E-state index < -0.39 is 0 Å². The third-order valence-corrected chi connectivity index (χ3v) is 16.2. The van der Waals surface area contributed by atoms with E-state index in [4.69, 9.17) is 0 Å². The molecule has 0 aliphatic rings. The number of hydrogen-bond donors (Lipinski definition) is 0. The normalized spacial score (nSPS) is 11.9. The topological polar surface area (TPSA) is 0 Å². The Morgan fingerprint density at radius 2 is 0.771 bits per heavy atom. The standard InChI is InChI=1S/C42H58S6/c1-3-5-7-9-11-13-15-17-19-21-29-43-37-25-23-35(47-37)39-33-27-31-46-42(33)40(34-28-32-45-41(34)39)36-24-26-38(48-36)44-30-22-20-18-16-14-12-10-8-6-4-2/h23-28,31-32H,3-22,29-30H2,1-2H3. The number of unbranched alkanes of at least 4 members (excludes halogenated alkanes) is 18. The average molecular weight is 755 g/mol. The van der Waals surface area contributed by atoms with Gasteiger partial charge in [0.2, 0.25) is 0 Å². The van der Waals surface area contributed by atoms with E-state index in [2.05, 4.69) is 84.5 Å². The third kappa shape index (κ3) is 11.6. The maximum Gasteiger partial charge on any atom is 0.0605 e. The Kier molecular flexibility index (Phi) is 17.8. The van der Waals surface area contributed by atoms with Crippen molar-refractivity contribution in [1.29, 1.82) is 0 Å². The summed E-state index contributed by atoms with van der Waals surface area (Å²) in [5, 5.41) is 7.49. The summed E-state index contributed by atoms with van der Waals surface area (Å²) >= 11 is 12.0. The van der Waals surface area contributed by atoms with Crippen molar-refractivity contribution in [3.63, 3.8) is 0 Å². The molecule has 48 heavy (non-hydrogen) atoms. The summed E-state index contributed by atoms with van der Waals surface area (Å²) in [6.07, 6.45) is 28.1. The van der Waals surface area contributed by atoms with E-state index in [1.54, 1.807) is 0 Å². The minimum Gasteiger partial charge on any atom is -0.143 e. The molecule has 4 aromatic heterocycles. The Morgan fingerprint density at radius 1 is 0.417 bits per heavy atom. The van der Waals surface area contributed by atoms with Crippen molar-refractivity contribution >= 4 is 89.0 Å². The van der Waals surface area contributed by atoms with Gasteiger partial charge in [-0.15, -0.1) is 68.9 Å². The Balaban J connectivity index is 1.12. The quantitative estimate of drug-likeness (QED) is 0.0407. The monoisotopic (exact) mass is 754 g/mol. The van der Waals surface area contributed by atoms with Crippen LogP contribution in [0.1, 0.15) is 142 Å². The largest absolute Gasteiger partial charge is 0.143 e. The van der Waals surface area contributed by atoms with Gasteiger partial charge in [-0.25, -0.2) is 0 Å². The molecule has 0 N–H and O–H groups in total. The predicted molar refractivity (Wildman–Crippen MR) is 229 cm³/mol. The minimum absolute atomic E-state index is 1.25. The zero-order chi connectivity index (χ0) is 33.2. The van der Waals surface area contributed by atoms with E-state index in [1.807, 2.05) is 45.3 Å². The molecule has 0 amide bonds. The van der Waals surface area contributed by atoms with E-state index in [1.165, 1.54) is 189 Å². The molecule has 0 atom stereocenters. The van der Waals surface area contributed by atoms with Crippen LogP contribution in [0.25, 0.3) is 41.1 Å². The first-order valence-corrected chi connectivity index (χ1v) is 24.5. The summed E-state index contributed by atoms with van der Waals surface area (Å²) < 4.78 is 5.86. The van der Waals surface area contributed by atoms with Crippen molar-refractivity contribution in [2.24, 2.45) is 0 Å². The van der Waals surface area contributed by atoms with Crippen LogP contribution < -0.4 is 0 Å². The first kappa shape index (κ1) is 38.5. The molecule has 0 fully saturated rings. The van der Waals surface area contributed by atoms with Gasteiger partial charge in [-0.2, -0.15) is 0 Å². The van der Waals surface area contributed by atoms with Gasteiger partial charge in [0, 0.05) is 41.1 Å². The van der Waals surface area contributed by atoms with Crippen molar-refractivity contribution in [2.45, 2.75) is 151 Å². The lowest BCUT2D eigenvalue weighted by Gasteiger charge is -2.09. The second-order valence-electron chi connectivity index (χ2n) is 13.4. The van der Waals surface area contributed by atoms with Gasteiger partial charge < -0.3 is 0 Å².